The first-order chi connectivity index (χ1) is 7.13. The van der Waals surface area contributed by atoms with E-state index >= 15 is 0 Å². The van der Waals surface area contributed by atoms with Crippen LogP contribution in [0.5, 0.6) is 5.75 Å². The Morgan fingerprint density at radius 1 is 1.53 bits per heavy atom. The first-order valence-corrected chi connectivity index (χ1v) is 4.62. The van der Waals surface area contributed by atoms with Crippen LogP contribution in [0.3, 0.4) is 0 Å². The quantitative estimate of drug-likeness (QED) is 0.558. The van der Waals surface area contributed by atoms with Gasteiger partial charge in [-0.2, -0.15) is 0 Å². The van der Waals surface area contributed by atoms with Crippen LogP contribution in [0.2, 0.25) is 0 Å². The molecule has 0 unspecified atom stereocenters. The number of carbonyl (C=O) groups excluding carboxylic acids is 1. The predicted molar refractivity (Wildman–Crippen MR) is 56.4 cm³/mol. The summed E-state index contributed by atoms with van der Waals surface area (Å²) in [5.74, 6) is 4.55. The SMILES string of the molecule is CCOC(=O)C#Cc1ccc(C)c(O)c1. The molecule has 78 valence electrons. The fourth-order valence-electron chi connectivity index (χ4n) is 0.978. The number of aromatic hydroxyl groups is 1. The fraction of sp³-hybridized carbons (Fsp3) is 0.250. The molecule has 0 saturated carbocycles. The number of hydrogen-bond acceptors (Lipinski definition) is 3. The minimum atomic E-state index is -0.558. The molecular formula is C12H12O3. The molecule has 0 aromatic heterocycles. The van der Waals surface area contributed by atoms with Crippen molar-refractivity contribution in [3.8, 4) is 17.6 Å². The lowest BCUT2D eigenvalue weighted by molar-refractivity contribution is -0.136. The number of carbonyl (C=O) groups is 1. The van der Waals surface area contributed by atoms with E-state index in [-0.39, 0.29) is 5.75 Å². The number of rotatable bonds is 1. The van der Waals surface area contributed by atoms with Gasteiger partial charge >= 0.3 is 5.97 Å². The molecule has 3 nitrogen and oxygen atoms in total. The molecule has 0 amide bonds. The Morgan fingerprint density at radius 2 is 2.27 bits per heavy atom. The van der Waals surface area contributed by atoms with Gasteiger partial charge in [0.1, 0.15) is 5.75 Å². The number of aryl methyl sites for hydroxylation is 1. The minimum Gasteiger partial charge on any atom is -0.508 e. The molecule has 0 fully saturated rings. The highest BCUT2D eigenvalue weighted by molar-refractivity contribution is 5.89. The van der Waals surface area contributed by atoms with Crippen molar-refractivity contribution in [2.75, 3.05) is 6.61 Å². The van der Waals surface area contributed by atoms with E-state index in [1.807, 2.05) is 0 Å². The zero-order chi connectivity index (χ0) is 11.3. The zero-order valence-corrected chi connectivity index (χ0v) is 8.70. The Balaban J connectivity index is 2.80. The first kappa shape index (κ1) is 11.1. The molecule has 0 aliphatic rings. The van der Waals surface area contributed by atoms with Gasteiger partial charge in [0.05, 0.1) is 6.61 Å². The van der Waals surface area contributed by atoms with Gasteiger partial charge in [-0.15, -0.1) is 0 Å². The molecule has 1 aromatic rings. The van der Waals surface area contributed by atoms with Gasteiger partial charge < -0.3 is 9.84 Å². The van der Waals surface area contributed by atoms with Crippen LogP contribution in [0.15, 0.2) is 18.2 Å². The van der Waals surface area contributed by atoms with Crippen LogP contribution in [0.4, 0.5) is 0 Å². The van der Waals surface area contributed by atoms with Crippen LogP contribution >= 0.6 is 0 Å². The van der Waals surface area contributed by atoms with E-state index in [1.165, 1.54) is 6.07 Å². The lowest BCUT2D eigenvalue weighted by atomic mass is 10.1. The van der Waals surface area contributed by atoms with Crippen LogP contribution in [0.25, 0.3) is 0 Å². The van der Waals surface area contributed by atoms with Crippen LogP contribution in [0, 0.1) is 18.8 Å². The van der Waals surface area contributed by atoms with Crippen molar-refractivity contribution >= 4 is 5.97 Å². The van der Waals surface area contributed by atoms with Crippen molar-refractivity contribution in [3.05, 3.63) is 29.3 Å². The second-order valence-electron chi connectivity index (χ2n) is 2.97. The average Bonchev–Trinajstić information content (AvgIpc) is 2.20. The van der Waals surface area contributed by atoms with Crippen molar-refractivity contribution in [1.82, 2.24) is 0 Å². The maximum Gasteiger partial charge on any atom is 0.384 e. The second-order valence-corrected chi connectivity index (χ2v) is 2.97. The van der Waals surface area contributed by atoms with Crippen LogP contribution in [0.1, 0.15) is 18.1 Å². The van der Waals surface area contributed by atoms with E-state index in [0.717, 1.165) is 5.56 Å². The Labute approximate surface area is 88.7 Å². The monoisotopic (exact) mass is 204 g/mol. The molecule has 0 radical (unpaired) electrons. The molecule has 15 heavy (non-hydrogen) atoms. The zero-order valence-electron chi connectivity index (χ0n) is 8.70. The molecule has 0 spiro atoms. The van der Waals surface area contributed by atoms with Gasteiger partial charge in [-0.1, -0.05) is 12.0 Å². The third-order valence-electron chi connectivity index (χ3n) is 1.79. The Morgan fingerprint density at radius 3 is 2.87 bits per heavy atom. The Hall–Kier alpha value is -1.95. The third kappa shape index (κ3) is 3.35. The fourth-order valence-corrected chi connectivity index (χ4v) is 0.978. The summed E-state index contributed by atoms with van der Waals surface area (Å²) in [6, 6.07) is 4.99. The molecular weight excluding hydrogens is 192 g/mol. The lowest BCUT2D eigenvalue weighted by Gasteiger charge is -1.97. The van der Waals surface area contributed by atoms with Crippen molar-refractivity contribution < 1.29 is 14.6 Å². The van der Waals surface area contributed by atoms with E-state index in [4.69, 9.17) is 0 Å². The van der Waals surface area contributed by atoms with Crippen LogP contribution in [-0.2, 0) is 9.53 Å². The highest BCUT2D eigenvalue weighted by atomic mass is 16.5. The van der Waals surface area contributed by atoms with Gasteiger partial charge in [-0.05, 0) is 31.5 Å². The van der Waals surface area contributed by atoms with Crippen molar-refractivity contribution in [2.24, 2.45) is 0 Å². The second kappa shape index (κ2) is 5.06. The third-order valence-corrected chi connectivity index (χ3v) is 1.79. The number of esters is 1. The lowest BCUT2D eigenvalue weighted by Crippen LogP contribution is -1.99. The summed E-state index contributed by atoms with van der Waals surface area (Å²) in [7, 11) is 0. The number of phenolic OH excluding ortho intramolecular Hbond substituents is 1. The smallest absolute Gasteiger partial charge is 0.384 e. The van der Waals surface area contributed by atoms with E-state index in [1.54, 1.807) is 26.0 Å². The summed E-state index contributed by atoms with van der Waals surface area (Å²) in [4.78, 5) is 10.9. The summed E-state index contributed by atoms with van der Waals surface area (Å²) >= 11 is 0. The molecule has 1 N–H and O–H groups in total. The van der Waals surface area contributed by atoms with Gasteiger partial charge in [-0.3, -0.25) is 0 Å². The largest absolute Gasteiger partial charge is 0.508 e. The molecule has 1 rings (SSSR count). The molecule has 1 aromatic carbocycles. The molecule has 0 aliphatic carbocycles. The highest BCUT2D eigenvalue weighted by Gasteiger charge is 1.96. The highest BCUT2D eigenvalue weighted by Crippen LogP contribution is 2.16. The maximum absolute atomic E-state index is 10.9. The normalized spacial score (nSPS) is 8.93. The maximum atomic E-state index is 10.9. The van der Waals surface area contributed by atoms with Gasteiger partial charge in [0, 0.05) is 11.5 Å². The summed E-state index contributed by atoms with van der Waals surface area (Å²) in [5.41, 5.74) is 1.36. The number of hydrogen-bond donors (Lipinski definition) is 1. The average molecular weight is 204 g/mol. The van der Waals surface area contributed by atoms with E-state index in [9.17, 15) is 9.90 Å². The molecule has 0 bridgehead atoms. The number of phenols is 1. The van der Waals surface area contributed by atoms with Crippen molar-refractivity contribution in [3.63, 3.8) is 0 Å². The van der Waals surface area contributed by atoms with Gasteiger partial charge in [0.15, 0.2) is 0 Å². The molecule has 3 heteroatoms. The first-order valence-electron chi connectivity index (χ1n) is 4.62. The molecule has 0 heterocycles. The predicted octanol–water partition coefficient (Wildman–Crippen LogP) is 1.62. The van der Waals surface area contributed by atoms with E-state index in [2.05, 4.69) is 16.6 Å². The van der Waals surface area contributed by atoms with Gasteiger partial charge in [-0.25, -0.2) is 4.79 Å². The standard InChI is InChI=1S/C12H12O3/c1-3-15-12(14)7-6-10-5-4-9(2)11(13)8-10/h4-5,8,13H,3H2,1-2H3. The van der Waals surface area contributed by atoms with Crippen LogP contribution in [-0.4, -0.2) is 17.7 Å². The van der Waals surface area contributed by atoms with Crippen molar-refractivity contribution in [1.29, 1.82) is 0 Å². The summed E-state index contributed by atoms with van der Waals surface area (Å²) in [5, 5.41) is 9.38. The topological polar surface area (TPSA) is 46.5 Å². The Kier molecular flexibility index (Phi) is 3.75. The molecule has 0 atom stereocenters. The summed E-state index contributed by atoms with van der Waals surface area (Å²) in [6.45, 7) is 3.82. The summed E-state index contributed by atoms with van der Waals surface area (Å²) in [6.07, 6.45) is 0. The van der Waals surface area contributed by atoms with Crippen LogP contribution < -0.4 is 0 Å². The van der Waals surface area contributed by atoms with Crippen molar-refractivity contribution in [2.45, 2.75) is 13.8 Å². The van der Waals surface area contributed by atoms with Gasteiger partial charge in [0.2, 0.25) is 0 Å². The molecule has 0 saturated heterocycles. The van der Waals surface area contributed by atoms with E-state index < -0.39 is 5.97 Å². The minimum absolute atomic E-state index is 0.172. The number of ether oxygens (including phenoxy) is 1. The summed E-state index contributed by atoms with van der Waals surface area (Å²) < 4.78 is 4.64. The number of benzene rings is 1. The Bertz CT molecular complexity index is 424. The van der Waals surface area contributed by atoms with Gasteiger partial charge in [0.25, 0.3) is 0 Å². The van der Waals surface area contributed by atoms with E-state index in [0.29, 0.717) is 12.2 Å². The molecule has 0 aliphatic heterocycles.